The third-order valence-corrected chi connectivity index (χ3v) is 2.69. The number of halogens is 1. The van der Waals surface area contributed by atoms with Crippen LogP contribution in [0.5, 0.6) is 0 Å². The van der Waals surface area contributed by atoms with Crippen molar-refractivity contribution in [2.45, 2.75) is 13.0 Å². The van der Waals surface area contributed by atoms with E-state index < -0.39 is 0 Å². The summed E-state index contributed by atoms with van der Waals surface area (Å²) in [5.74, 6) is 2.46. The fraction of sp³-hybridized carbons (Fsp3) is 0.250. The summed E-state index contributed by atoms with van der Waals surface area (Å²) < 4.78 is 0.929. The summed E-state index contributed by atoms with van der Waals surface area (Å²) in [7, 11) is 0. The number of hydrogen-bond donors (Lipinski definition) is 1. The Labute approximate surface area is 98.4 Å². The van der Waals surface area contributed by atoms with Crippen molar-refractivity contribution in [3.05, 3.63) is 33.8 Å². The normalized spacial score (nSPS) is 11.5. The molecule has 76 valence electrons. The van der Waals surface area contributed by atoms with Gasteiger partial charge in [-0.2, -0.15) is 5.26 Å². The van der Waals surface area contributed by atoms with Gasteiger partial charge in [-0.05, 0) is 24.1 Å². The Balaban J connectivity index is 2.94. The SMILES string of the molecule is C#CCNC(C#N)c1ccc(C)cc1Br. The van der Waals surface area contributed by atoms with Crippen LogP contribution in [0, 0.1) is 30.6 Å². The highest BCUT2D eigenvalue weighted by molar-refractivity contribution is 9.10. The summed E-state index contributed by atoms with van der Waals surface area (Å²) in [6.45, 7) is 2.39. The van der Waals surface area contributed by atoms with Crippen LogP contribution >= 0.6 is 15.9 Å². The van der Waals surface area contributed by atoms with Gasteiger partial charge in [-0.15, -0.1) is 6.42 Å². The first-order valence-corrected chi connectivity index (χ1v) is 5.31. The molecule has 2 nitrogen and oxygen atoms in total. The van der Waals surface area contributed by atoms with E-state index >= 15 is 0 Å². The van der Waals surface area contributed by atoms with Crippen LogP contribution in [0.15, 0.2) is 22.7 Å². The van der Waals surface area contributed by atoms with Crippen molar-refractivity contribution in [1.82, 2.24) is 5.32 Å². The van der Waals surface area contributed by atoms with Crippen molar-refractivity contribution in [2.75, 3.05) is 6.54 Å². The predicted octanol–water partition coefficient (Wildman–Crippen LogP) is 2.55. The van der Waals surface area contributed by atoms with E-state index in [1.54, 1.807) is 0 Å². The fourth-order valence-corrected chi connectivity index (χ4v) is 1.97. The van der Waals surface area contributed by atoms with Crippen LogP contribution in [-0.2, 0) is 0 Å². The summed E-state index contributed by atoms with van der Waals surface area (Å²) in [6, 6.07) is 7.70. The van der Waals surface area contributed by atoms with Crippen LogP contribution in [0.3, 0.4) is 0 Å². The molecule has 1 aromatic rings. The second-order valence-corrected chi connectivity index (χ2v) is 4.03. The van der Waals surface area contributed by atoms with Crippen LogP contribution < -0.4 is 5.32 Å². The number of nitrogens with zero attached hydrogens (tertiary/aromatic N) is 1. The quantitative estimate of drug-likeness (QED) is 0.850. The maximum absolute atomic E-state index is 9.00. The third kappa shape index (κ3) is 3.09. The molecule has 0 fully saturated rings. The highest BCUT2D eigenvalue weighted by atomic mass is 79.9. The second kappa shape index (κ2) is 5.56. The number of aryl methyl sites for hydroxylation is 1. The van der Waals surface area contributed by atoms with E-state index in [1.807, 2.05) is 25.1 Å². The van der Waals surface area contributed by atoms with Gasteiger partial charge >= 0.3 is 0 Å². The Kier molecular flexibility index (Phi) is 4.37. The van der Waals surface area contributed by atoms with Crippen molar-refractivity contribution in [3.8, 4) is 18.4 Å². The lowest BCUT2D eigenvalue weighted by atomic mass is 10.1. The molecule has 0 aromatic heterocycles. The largest absolute Gasteiger partial charge is 0.287 e. The molecule has 0 aliphatic carbocycles. The monoisotopic (exact) mass is 262 g/mol. The molecule has 1 unspecified atom stereocenters. The van der Waals surface area contributed by atoms with Crippen molar-refractivity contribution < 1.29 is 0 Å². The molecule has 1 N–H and O–H groups in total. The molecule has 0 spiro atoms. The molecule has 0 heterocycles. The van der Waals surface area contributed by atoms with E-state index in [9.17, 15) is 0 Å². The lowest BCUT2D eigenvalue weighted by molar-refractivity contribution is 0.688. The average molecular weight is 263 g/mol. The molecule has 15 heavy (non-hydrogen) atoms. The first kappa shape index (κ1) is 11.8. The lowest BCUT2D eigenvalue weighted by Gasteiger charge is -2.12. The molecule has 0 saturated heterocycles. The van der Waals surface area contributed by atoms with Gasteiger partial charge in [-0.1, -0.05) is 34.0 Å². The fourth-order valence-electron chi connectivity index (χ4n) is 1.25. The van der Waals surface area contributed by atoms with Gasteiger partial charge in [-0.25, -0.2) is 0 Å². The van der Waals surface area contributed by atoms with Gasteiger partial charge in [-0.3, -0.25) is 5.32 Å². The van der Waals surface area contributed by atoms with Gasteiger partial charge in [0.05, 0.1) is 12.6 Å². The van der Waals surface area contributed by atoms with E-state index in [-0.39, 0.29) is 6.04 Å². The van der Waals surface area contributed by atoms with Crippen LogP contribution in [-0.4, -0.2) is 6.54 Å². The molecule has 1 atom stereocenters. The predicted molar refractivity (Wildman–Crippen MR) is 64.1 cm³/mol. The zero-order valence-electron chi connectivity index (χ0n) is 8.42. The Bertz CT molecular complexity index is 426. The minimum absolute atomic E-state index is 0.365. The number of hydrogen-bond acceptors (Lipinski definition) is 2. The minimum Gasteiger partial charge on any atom is -0.287 e. The zero-order chi connectivity index (χ0) is 11.3. The maximum Gasteiger partial charge on any atom is 0.123 e. The lowest BCUT2D eigenvalue weighted by Crippen LogP contribution is -2.20. The van der Waals surface area contributed by atoms with E-state index in [0.29, 0.717) is 6.54 Å². The van der Waals surface area contributed by atoms with Gasteiger partial charge in [0, 0.05) is 4.47 Å². The number of benzene rings is 1. The highest BCUT2D eigenvalue weighted by Gasteiger charge is 2.12. The van der Waals surface area contributed by atoms with E-state index in [1.165, 1.54) is 0 Å². The van der Waals surface area contributed by atoms with Gasteiger partial charge < -0.3 is 0 Å². The molecular formula is C12H11BrN2. The van der Waals surface area contributed by atoms with Crippen LogP contribution in [0.1, 0.15) is 17.2 Å². The van der Waals surface area contributed by atoms with Crippen LogP contribution in [0.25, 0.3) is 0 Å². The number of rotatable bonds is 3. The van der Waals surface area contributed by atoms with E-state index in [2.05, 4.69) is 33.2 Å². The molecule has 1 aromatic carbocycles. The highest BCUT2D eigenvalue weighted by Crippen LogP contribution is 2.24. The number of terminal acetylenes is 1. The van der Waals surface area contributed by atoms with Crippen molar-refractivity contribution in [1.29, 1.82) is 5.26 Å². The first-order valence-electron chi connectivity index (χ1n) is 4.51. The summed E-state index contributed by atoms with van der Waals surface area (Å²) in [5, 5.41) is 12.0. The molecule has 0 bridgehead atoms. The maximum atomic E-state index is 9.00. The summed E-state index contributed by atoms with van der Waals surface area (Å²) in [5.41, 5.74) is 2.07. The summed E-state index contributed by atoms with van der Waals surface area (Å²) >= 11 is 3.44. The summed E-state index contributed by atoms with van der Waals surface area (Å²) in [6.07, 6.45) is 5.14. The average Bonchev–Trinajstić information content (AvgIpc) is 2.21. The van der Waals surface area contributed by atoms with Crippen molar-refractivity contribution in [2.24, 2.45) is 0 Å². The number of nitrogens with one attached hydrogen (secondary N) is 1. The van der Waals surface area contributed by atoms with Crippen LogP contribution in [0.2, 0.25) is 0 Å². The van der Waals surface area contributed by atoms with E-state index in [4.69, 9.17) is 11.7 Å². The Morgan fingerprint density at radius 1 is 1.60 bits per heavy atom. The van der Waals surface area contributed by atoms with E-state index in [0.717, 1.165) is 15.6 Å². The third-order valence-electron chi connectivity index (χ3n) is 2.00. The van der Waals surface area contributed by atoms with Gasteiger partial charge in [0.1, 0.15) is 6.04 Å². The number of nitriles is 1. The molecule has 3 heteroatoms. The smallest absolute Gasteiger partial charge is 0.123 e. The molecule has 0 aliphatic rings. The molecule has 0 saturated carbocycles. The minimum atomic E-state index is -0.365. The Hall–Kier alpha value is -1.29. The Morgan fingerprint density at radius 2 is 2.33 bits per heavy atom. The topological polar surface area (TPSA) is 35.8 Å². The molecule has 0 amide bonds. The standard InChI is InChI=1S/C12H11BrN2/c1-3-6-15-12(8-14)10-5-4-9(2)7-11(10)13/h1,4-5,7,12,15H,6H2,2H3. The molecule has 0 radical (unpaired) electrons. The second-order valence-electron chi connectivity index (χ2n) is 3.17. The molecular weight excluding hydrogens is 252 g/mol. The van der Waals surface area contributed by atoms with Gasteiger partial charge in [0.15, 0.2) is 0 Å². The van der Waals surface area contributed by atoms with Gasteiger partial charge in [0.2, 0.25) is 0 Å². The van der Waals surface area contributed by atoms with Crippen molar-refractivity contribution >= 4 is 15.9 Å². The zero-order valence-corrected chi connectivity index (χ0v) is 10.0. The van der Waals surface area contributed by atoms with Crippen LogP contribution in [0.4, 0.5) is 0 Å². The molecule has 1 rings (SSSR count). The Morgan fingerprint density at radius 3 is 2.87 bits per heavy atom. The first-order chi connectivity index (χ1) is 7.19. The summed E-state index contributed by atoms with van der Waals surface area (Å²) in [4.78, 5) is 0. The molecule has 0 aliphatic heterocycles. The van der Waals surface area contributed by atoms with Crippen molar-refractivity contribution in [3.63, 3.8) is 0 Å². The van der Waals surface area contributed by atoms with Gasteiger partial charge in [0.25, 0.3) is 0 Å².